The summed E-state index contributed by atoms with van der Waals surface area (Å²) in [7, 11) is 0. The van der Waals surface area contributed by atoms with Crippen LogP contribution in [0.3, 0.4) is 0 Å². The average Bonchev–Trinajstić information content (AvgIpc) is 3.19. The molecule has 11 heteroatoms. The van der Waals surface area contributed by atoms with E-state index in [2.05, 4.69) is 20.4 Å². The van der Waals surface area contributed by atoms with E-state index in [9.17, 15) is 4.79 Å². The maximum Gasteiger partial charge on any atom is 0.407 e. The van der Waals surface area contributed by atoms with Crippen LogP contribution in [-0.4, -0.2) is 76.6 Å². The van der Waals surface area contributed by atoms with Crippen LogP contribution in [0.5, 0.6) is 5.75 Å². The molecule has 1 amide bonds. The molecule has 1 aromatic heterocycles. The Morgan fingerprint density at radius 3 is 2.55 bits per heavy atom. The van der Waals surface area contributed by atoms with Gasteiger partial charge in [-0.1, -0.05) is 5.16 Å². The summed E-state index contributed by atoms with van der Waals surface area (Å²) in [5.41, 5.74) is 5.11. The van der Waals surface area contributed by atoms with Gasteiger partial charge in [0.15, 0.2) is 5.75 Å². The smallest absolute Gasteiger partial charge is 0.407 e. The molecule has 2 saturated heterocycles. The van der Waals surface area contributed by atoms with E-state index in [0.717, 1.165) is 38.9 Å². The van der Waals surface area contributed by atoms with Crippen molar-refractivity contribution in [3.05, 3.63) is 12.4 Å². The van der Waals surface area contributed by atoms with Crippen LogP contribution in [0.2, 0.25) is 0 Å². The zero-order valence-corrected chi connectivity index (χ0v) is 18.5. The molecule has 31 heavy (non-hydrogen) atoms. The number of rotatable bonds is 5. The van der Waals surface area contributed by atoms with Crippen LogP contribution in [-0.2, 0) is 4.74 Å². The lowest BCUT2D eigenvalue weighted by molar-refractivity contribution is 0.0509. The van der Waals surface area contributed by atoms with Crippen molar-refractivity contribution < 1.29 is 19.5 Å². The lowest BCUT2D eigenvalue weighted by Crippen LogP contribution is -2.43. The van der Waals surface area contributed by atoms with E-state index in [1.165, 1.54) is 0 Å². The van der Waals surface area contributed by atoms with Gasteiger partial charge >= 0.3 is 6.09 Å². The van der Waals surface area contributed by atoms with Gasteiger partial charge in [0, 0.05) is 26.2 Å². The van der Waals surface area contributed by atoms with Gasteiger partial charge in [0.25, 0.3) is 0 Å². The minimum absolute atomic E-state index is 0.00478. The third-order valence-corrected chi connectivity index (χ3v) is 5.33. The molecule has 2 aliphatic rings. The van der Waals surface area contributed by atoms with Gasteiger partial charge in [-0.3, -0.25) is 0 Å². The Morgan fingerprint density at radius 1 is 1.26 bits per heavy atom. The van der Waals surface area contributed by atoms with E-state index in [-0.39, 0.29) is 12.0 Å². The largest absolute Gasteiger partial charge is 0.490 e. The fraction of sp³-hybridized carbons (Fsp3) is 0.700. The van der Waals surface area contributed by atoms with E-state index >= 15 is 0 Å². The molecule has 0 spiro atoms. The molecule has 172 valence electrons. The molecular formula is C20H33N7O4. The molecule has 4 N–H and O–H groups in total. The molecular weight excluding hydrogens is 402 g/mol. The topological polar surface area (TPSA) is 138 Å². The van der Waals surface area contributed by atoms with E-state index in [4.69, 9.17) is 20.4 Å². The lowest BCUT2D eigenvalue weighted by atomic mass is 9.98. The number of alkyl carbamates (subject to hydrolysis) is 1. The molecule has 0 aliphatic carbocycles. The molecule has 0 aromatic carbocycles. The number of amides is 1. The first-order valence-corrected chi connectivity index (χ1v) is 10.7. The molecule has 1 atom stereocenters. The average molecular weight is 436 g/mol. The van der Waals surface area contributed by atoms with Gasteiger partial charge in [-0.05, 0) is 46.0 Å². The highest BCUT2D eigenvalue weighted by Gasteiger charge is 2.27. The van der Waals surface area contributed by atoms with Gasteiger partial charge in [0.2, 0.25) is 11.9 Å². The number of ether oxygens (including phenoxy) is 2. The number of nitrogens with two attached hydrogens (primary N) is 1. The van der Waals surface area contributed by atoms with E-state index in [1.807, 2.05) is 30.6 Å². The zero-order chi connectivity index (χ0) is 22.4. The standard InChI is InChI=1S/C20H33N7O4/c1-20(2,3)31-19(28)24-15-6-9-27(12-15)18-22-10-16(11-23-18)30-13-14-4-7-26(8-5-14)17(21)25-29/h10-11,14-15,29H,4-9,12-13H2,1-3H3,(H2,21,25)(H,24,28). The summed E-state index contributed by atoms with van der Waals surface area (Å²) in [4.78, 5) is 24.7. The molecule has 0 radical (unpaired) electrons. The molecule has 0 saturated carbocycles. The number of anilines is 1. The number of nitrogens with one attached hydrogen (secondary N) is 1. The Hall–Kier alpha value is -2.98. The van der Waals surface area contributed by atoms with Crippen LogP contribution >= 0.6 is 0 Å². The number of hydrogen-bond donors (Lipinski definition) is 3. The van der Waals surface area contributed by atoms with E-state index < -0.39 is 11.7 Å². The number of aromatic nitrogens is 2. The van der Waals surface area contributed by atoms with Gasteiger partial charge in [-0.15, -0.1) is 0 Å². The monoisotopic (exact) mass is 435 g/mol. The third-order valence-electron chi connectivity index (χ3n) is 5.33. The second kappa shape index (κ2) is 9.88. The maximum atomic E-state index is 11.9. The number of likely N-dealkylation sites (tertiary alicyclic amines) is 1. The number of nitrogens with zero attached hydrogens (tertiary/aromatic N) is 5. The number of guanidine groups is 1. The van der Waals surface area contributed by atoms with Crippen LogP contribution in [0, 0.1) is 5.92 Å². The first kappa shape index (κ1) is 22.7. The van der Waals surface area contributed by atoms with Gasteiger partial charge in [-0.25, -0.2) is 14.8 Å². The minimum Gasteiger partial charge on any atom is -0.490 e. The summed E-state index contributed by atoms with van der Waals surface area (Å²) in [6.07, 6.45) is 5.60. The number of oxime groups is 1. The summed E-state index contributed by atoms with van der Waals surface area (Å²) < 4.78 is 11.2. The van der Waals surface area contributed by atoms with E-state index in [0.29, 0.717) is 30.8 Å². The van der Waals surface area contributed by atoms with Gasteiger partial charge in [0.1, 0.15) is 5.60 Å². The molecule has 1 aromatic rings. The summed E-state index contributed by atoms with van der Waals surface area (Å²) in [5, 5.41) is 14.7. The molecule has 2 fully saturated rings. The van der Waals surface area contributed by atoms with Crippen molar-refractivity contribution in [3.63, 3.8) is 0 Å². The molecule has 1 unspecified atom stereocenters. The molecule has 0 bridgehead atoms. The number of piperidine rings is 1. The maximum absolute atomic E-state index is 11.9. The van der Waals surface area contributed by atoms with Crippen LogP contribution in [0.15, 0.2) is 17.5 Å². The first-order chi connectivity index (χ1) is 14.7. The summed E-state index contributed by atoms with van der Waals surface area (Å²) in [6, 6.07) is 0.00478. The SMILES string of the molecule is CC(C)(C)OC(=O)NC1CCN(c2ncc(OCC3CCN(/C(N)=N/O)CC3)cn2)C1. The summed E-state index contributed by atoms with van der Waals surface area (Å²) in [5.74, 6) is 1.81. The lowest BCUT2D eigenvalue weighted by Gasteiger charge is -2.31. The number of hydrogen-bond acceptors (Lipinski definition) is 8. The minimum atomic E-state index is -0.515. The van der Waals surface area contributed by atoms with Crippen LogP contribution in [0.4, 0.5) is 10.7 Å². The number of carbonyl (C=O) groups is 1. The Bertz CT molecular complexity index is 758. The second-order valence-electron chi connectivity index (χ2n) is 9.00. The Balaban J connectivity index is 1.41. The van der Waals surface area contributed by atoms with Gasteiger partial charge in [0.05, 0.1) is 25.0 Å². The van der Waals surface area contributed by atoms with Crippen molar-refractivity contribution in [3.8, 4) is 5.75 Å². The fourth-order valence-electron chi connectivity index (χ4n) is 3.69. The van der Waals surface area contributed by atoms with E-state index in [1.54, 1.807) is 12.4 Å². The third kappa shape index (κ3) is 6.76. The normalized spacial score (nSPS) is 20.6. The summed E-state index contributed by atoms with van der Waals surface area (Å²) in [6.45, 7) is 9.00. The molecule has 11 nitrogen and oxygen atoms in total. The van der Waals surface area contributed by atoms with Crippen molar-refractivity contribution in [2.75, 3.05) is 37.7 Å². The Morgan fingerprint density at radius 2 is 1.94 bits per heavy atom. The fourth-order valence-corrected chi connectivity index (χ4v) is 3.69. The Kier molecular flexibility index (Phi) is 7.24. The van der Waals surface area contributed by atoms with Crippen molar-refractivity contribution in [2.24, 2.45) is 16.8 Å². The van der Waals surface area contributed by atoms with Gasteiger partial charge < -0.3 is 35.5 Å². The zero-order valence-electron chi connectivity index (χ0n) is 18.5. The van der Waals surface area contributed by atoms with Crippen LogP contribution in [0.1, 0.15) is 40.0 Å². The Labute approximate surface area is 182 Å². The van der Waals surface area contributed by atoms with Crippen molar-refractivity contribution in [1.29, 1.82) is 0 Å². The second-order valence-corrected chi connectivity index (χ2v) is 9.00. The van der Waals surface area contributed by atoms with Crippen LogP contribution < -0.4 is 20.7 Å². The highest BCUT2D eigenvalue weighted by Crippen LogP contribution is 2.21. The van der Waals surface area contributed by atoms with Crippen molar-refractivity contribution >= 4 is 18.0 Å². The predicted octanol–water partition coefficient (Wildman–Crippen LogP) is 1.37. The van der Waals surface area contributed by atoms with Crippen molar-refractivity contribution in [2.45, 2.75) is 51.7 Å². The number of carbonyl (C=O) groups excluding carboxylic acids is 1. The first-order valence-electron chi connectivity index (χ1n) is 10.7. The molecule has 3 rings (SSSR count). The van der Waals surface area contributed by atoms with Crippen LogP contribution in [0.25, 0.3) is 0 Å². The quantitative estimate of drug-likeness (QED) is 0.271. The highest BCUT2D eigenvalue weighted by atomic mass is 16.6. The predicted molar refractivity (Wildman–Crippen MR) is 115 cm³/mol. The molecule has 3 heterocycles. The highest BCUT2D eigenvalue weighted by molar-refractivity contribution is 5.77. The van der Waals surface area contributed by atoms with Crippen molar-refractivity contribution in [1.82, 2.24) is 20.2 Å². The van der Waals surface area contributed by atoms with Gasteiger partial charge in [-0.2, -0.15) is 0 Å². The summed E-state index contributed by atoms with van der Waals surface area (Å²) >= 11 is 0. The molecule has 2 aliphatic heterocycles.